The number of aryl methyl sites for hydroxylation is 1. The molecule has 1 heterocycles. The second-order valence-electron chi connectivity index (χ2n) is 4.99. The van der Waals surface area contributed by atoms with Gasteiger partial charge in [0.1, 0.15) is 11.6 Å². The monoisotopic (exact) mass is 352 g/mol. The van der Waals surface area contributed by atoms with Crippen LogP contribution in [0.25, 0.3) is 0 Å². The molecule has 1 aromatic carbocycles. The van der Waals surface area contributed by atoms with Gasteiger partial charge in [0.2, 0.25) is 17.0 Å². The van der Waals surface area contributed by atoms with Crippen LogP contribution in [-0.4, -0.2) is 50.9 Å². The molecule has 0 radical (unpaired) electrons. The van der Waals surface area contributed by atoms with Crippen molar-refractivity contribution in [2.75, 3.05) is 30.5 Å². The van der Waals surface area contributed by atoms with Gasteiger partial charge in [-0.05, 0) is 31.2 Å². The van der Waals surface area contributed by atoms with Gasteiger partial charge in [0, 0.05) is 12.7 Å². The Hall–Kier alpha value is -2.62. The lowest BCUT2D eigenvalue weighted by atomic mass is 10.3. The lowest BCUT2D eigenvalue weighted by molar-refractivity contribution is -0.131. The maximum Gasteiger partial charge on any atom is 0.243 e. The molecule has 0 atom stereocenters. The molecular weight excluding hydrogens is 335 g/mol. The fourth-order valence-electron chi connectivity index (χ4n) is 1.72. The van der Waals surface area contributed by atoms with Crippen LogP contribution in [0.2, 0.25) is 0 Å². The Bertz CT molecular complexity index is 733. The molecule has 3 N–H and O–H groups in total. The van der Waals surface area contributed by atoms with Crippen molar-refractivity contribution in [3.63, 3.8) is 0 Å². The summed E-state index contributed by atoms with van der Waals surface area (Å²) < 4.78 is 14.1. The molecule has 2 amide bonds. The molecule has 0 saturated heterocycles. The number of thioether (sulfide) groups is 1. The number of aromatic nitrogens is 3. The van der Waals surface area contributed by atoms with E-state index in [0.29, 0.717) is 16.7 Å². The number of nitrogens with zero attached hydrogens (tertiary/aromatic N) is 4. The van der Waals surface area contributed by atoms with Crippen LogP contribution in [0.1, 0.15) is 5.82 Å². The fourth-order valence-corrected chi connectivity index (χ4v) is 2.56. The summed E-state index contributed by atoms with van der Waals surface area (Å²) in [5.74, 6) is 5.30. The number of anilines is 1. The number of halogens is 1. The van der Waals surface area contributed by atoms with Crippen molar-refractivity contribution in [3.05, 3.63) is 35.9 Å². The zero-order valence-electron chi connectivity index (χ0n) is 13.2. The van der Waals surface area contributed by atoms with Crippen molar-refractivity contribution in [1.29, 1.82) is 0 Å². The SMILES string of the molecule is Cc1nnc(SCC(=O)N(C)CC(=O)Nc2ccc(F)cc2)n1N. The first-order chi connectivity index (χ1) is 11.4. The van der Waals surface area contributed by atoms with Crippen molar-refractivity contribution in [2.24, 2.45) is 0 Å². The van der Waals surface area contributed by atoms with E-state index in [9.17, 15) is 14.0 Å². The highest BCUT2D eigenvalue weighted by Crippen LogP contribution is 2.14. The molecule has 0 aliphatic rings. The molecule has 0 bridgehead atoms. The van der Waals surface area contributed by atoms with Gasteiger partial charge >= 0.3 is 0 Å². The van der Waals surface area contributed by atoms with Gasteiger partial charge in [0.15, 0.2) is 0 Å². The Balaban J connectivity index is 1.81. The number of hydrogen-bond donors (Lipinski definition) is 2. The van der Waals surface area contributed by atoms with Crippen LogP contribution in [-0.2, 0) is 9.59 Å². The van der Waals surface area contributed by atoms with E-state index in [2.05, 4.69) is 15.5 Å². The van der Waals surface area contributed by atoms with Crippen LogP contribution in [0.5, 0.6) is 0 Å². The minimum absolute atomic E-state index is 0.0790. The van der Waals surface area contributed by atoms with Gasteiger partial charge in [0.05, 0.1) is 12.3 Å². The predicted molar refractivity (Wildman–Crippen MR) is 88.3 cm³/mol. The molecule has 10 heteroatoms. The number of nitrogens with one attached hydrogen (secondary N) is 1. The highest BCUT2D eigenvalue weighted by molar-refractivity contribution is 7.99. The molecular formula is C14H17FN6O2S. The topological polar surface area (TPSA) is 106 Å². The Morgan fingerprint density at radius 2 is 2.00 bits per heavy atom. The molecule has 0 spiro atoms. The fraction of sp³-hybridized carbons (Fsp3) is 0.286. The van der Waals surface area contributed by atoms with Gasteiger partial charge < -0.3 is 16.1 Å². The zero-order valence-corrected chi connectivity index (χ0v) is 14.0. The van der Waals surface area contributed by atoms with E-state index in [0.717, 1.165) is 11.8 Å². The first-order valence-electron chi connectivity index (χ1n) is 6.96. The Morgan fingerprint density at radius 1 is 1.33 bits per heavy atom. The van der Waals surface area contributed by atoms with Crippen LogP contribution in [0, 0.1) is 12.7 Å². The molecule has 0 aliphatic heterocycles. The first-order valence-corrected chi connectivity index (χ1v) is 7.94. The summed E-state index contributed by atoms with van der Waals surface area (Å²) in [5, 5.41) is 10.6. The van der Waals surface area contributed by atoms with Gasteiger partial charge in [-0.2, -0.15) is 0 Å². The normalized spacial score (nSPS) is 10.5. The largest absolute Gasteiger partial charge is 0.336 e. The minimum atomic E-state index is -0.389. The quantitative estimate of drug-likeness (QED) is 0.583. The summed E-state index contributed by atoms with van der Waals surface area (Å²) in [6.45, 7) is 1.58. The molecule has 128 valence electrons. The number of carbonyl (C=O) groups excluding carboxylic acids is 2. The second kappa shape index (κ2) is 7.77. The molecule has 2 rings (SSSR count). The molecule has 24 heavy (non-hydrogen) atoms. The standard InChI is InChI=1S/C14H17FN6O2S/c1-9-18-19-14(21(9)16)24-8-13(23)20(2)7-12(22)17-11-5-3-10(15)4-6-11/h3-6H,7-8,16H2,1-2H3,(H,17,22). The zero-order chi connectivity index (χ0) is 17.7. The number of carbonyl (C=O) groups is 2. The van der Waals surface area contributed by atoms with Gasteiger partial charge in [-0.15, -0.1) is 10.2 Å². The Labute approximate surface area is 142 Å². The van der Waals surface area contributed by atoms with E-state index in [1.807, 2.05) is 0 Å². The van der Waals surface area contributed by atoms with E-state index in [4.69, 9.17) is 5.84 Å². The summed E-state index contributed by atoms with van der Waals surface area (Å²) >= 11 is 1.14. The van der Waals surface area contributed by atoms with E-state index in [1.165, 1.54) is 40.9 Å². The number of nitrogen functional groups attached to an aromatic ring is 1. The molecule has 0 unspecified atom stereocenters. The van der Waals surface area contributed by atoms with Crippen molar-refractivity contribution in [3.8, 4) is 0 Å². The van der Waals surface area contributed by atoms with Gasteiger partial charge in [-0.3, -0.25) is 9.59 Å². The van der Waals surface area contributed by atoms with E-state index in [1.54, 1.807) is 6.92 Å². The van der Waals surface area contributed by atoms with E-state index in [-0.39, 0.29) is 29.9 Å². The van der Waals surface area contributed by atoms with Crippen molar-refractivity contribution in [2.45, 2.75) is 12.1 Å². The number of hydrogen-bond acceptors (Lipinski definition) is 6. The number of amides is 2. The van der Waals surface area contributed by atoms with Crippen LogP contribution in [0.4, 0.5) is 10.1 Å². The minimum Gasteiger partial charge on any atom is -0.336 e. The second-order valence-corrected chi connectivity index (χ2v) is 5.94. The van der Waals surface area contributed by atoms with Crippen molar-refractivity contribution in [1.82, 2.24) is 19.8 Å². The van der Waals surface area contributed by atoms with Gasteiger partial charge in [-0.1, -0.05) is 11.8 Å². The van der Waals surface area contributed by atoms with Crippen LogP contribution < -0.4 is 11.2 Å². The number of benzene rings is 1. The lowest BCUT2D eigenvalue weighted by Crippen LogP contribution is -2.36. The summed E-state index contributed by atoms with van der Waals surface area (Å²) in [5.41, 5.74) is 0.461. The molecule has 0 aliphatic carbocycles. The Morgan fingerprint density at radius 3 is 2.58 bits per heavy atom. The summed E-state index contributed by atoms with van der Waals surface area (Å²) in [7, 11) is 1.52. The lowest BCUT2D eigenvalue weighted by Gasteiger charge is -2.16. The van der Waals surface area contributed by atoms with Crippen LogP contribution in [0.3, 0.4) is 0 Å². The average Bonchev–Trinajstić information content (AvgIpc) is 2.86. The van der Waals surface area contributed by atoms with Gasteiger partial charge in [-0.25, -0.2) is 9.07 Å². The Kier molecular flexibility index (Phi) is 5.74. The van der Waals surface area contributed by atoms with E-state index < -0.39 is 0 Å². The highest BCUT2D eigenvalue weighted by Gasteiger charge is 2.15. The maximum absolute atomic E-state index is 12.8. The summed E-state index contributed by atoms with van der Waals surface area (Å²) in [6, 6.07) is 5.38. The van der Waals surface area contributed by atoms with Crippen molar-refractivity contribution < 1.29 is 14.0 Å². The molecule has 0 saturated carbocycles. The van der Waals surface area contributed by atoms with Gasteiger partial charge in [0.25, 0.3) is 0 Å². The predicted octanol–water partition coefficient (Wildman–Crippen LogP) is 0.629. The third-order valence-electron chi connectivity index (χ3n) is 3.09. The van der Waals surface area contributed by atoms with Crippen molar-refractivity contribution >= 4 is 29.3 Å². The third kappa shape index (κ3) is 4.69. The maximum atomic E-state index is 12.8. The first kappa shape index (κ1) is 17.7. The molecule has 8 nitrogen and oxygen atoms in total. The molecule has 1 aromatic heterocycles. The third-order valence-corrected chi connectivity index (χ3v) is 4.02. The van der Waals surface area contributed by atoms with E-state index >= 15 is 0 Å². The number of nitrogens with two attached hydrogens (primary N) is 1. The highest BCUT2D eigenvalue weighted by atomic mass is 32.2. The molecule has 2 aromatic rings. The summed E-state index contributed by atoms with van der Waals surface area (Å²) in [4.78, 5) is 25.2. The number of rotatable bonds is 6. The smallest absolute Gasteiger partial charge is 0.243 e. The number of likely N-dealkylation sites (N-methyl/N-ethyl adjacent to an activating group) is 1. The summed E-state index contributed by atoms with van der Waals surface area (Å²) in [6.07, 6.45) is 0. The average molecular weight is 352 g/mol. The van der Waals surface area contributed by atoms with Crippen LogP contribution in [0.15, 0.2) is 29.4 Å². The van der Waals surface area contributed by atoms with Crippen LogP contribution >= 0.6 is 11.8 Å². The molecule has 0 fully saturated rings.